The van der Waals surface area contributed by atoms with Crippen molar-refractivity contribution in [2.75, 3.05) is 51.0 Å². The highest BCUT2D eigenvalue weighted by molar-refractivity contribution is 5.57. The van der Waals surface area contributed by atoms with Gasteiger partial charge in [0.05, 0.1) is 19.0 Å². The second-order valence-electron chi connectivity index (χ2n) is 6.57. The van der Waals surface area contributed by atoms with E-state index in [4.69, 9.17) is 10.5 Å². The minimum absolute atomic E-state index is 0.570. The molecular weight excluding hydrogens is 264 g/mol. The molecule has 3 heterocycles. The fraction of sp³-hybridized carbons (Fsp3) is 0.688. The number of pyridine rings is 1. The Morgan fingerprint density at radius 2 is 1.76 bits per heavy atom. The SMILES string of the molecule is COc1cc(N2CCC3(CCN(C)CC3)CC2)ncc1N. The zero-order valence-electron chi connectivity index (χ0n) is 13.1. The Morgan fingerprint density at radius 3 is 2.38 bits per heavy atom. The maximum Gasteiger partial charge on any atom is 0.147 e. The number of ether oxygens (including phenoxy) is 1. The van der Waals surface area contributed by atoms with Crippen LogP contribution in [0, 0.1) is 5.41 Å². The fourth-order valence-electron chi connectivity index (χ4n) is 3.59. The molecule has 0 saturated carbocycles. The molecule has 5 nitrogen and oxygen atoms in total. The number of aromatic nitrogens is 1. The number of piperidine rings is 2. The summed E-state index contributed by atoms with van der Waals surface area (Å²) in [5, 5.41) is 0. The number of nitrogen functional groups attached to an aromatic ring is 1. The molecule has 0 amide bonds. The van der Waals surface area contributed by atoms with Crippen LogP contribution in [0.3, 0.4) is 0 Å². The smallest absolute Gasteiger partial charge is 0.147 e. The summed E-state index contributed by atoms with van der Waals surface area (Å²) < 4.78 is 5.30. The maximum absolute atomic E-state index is 5.84. The van der Waals surface area contributed by atoms with E-state index in [-0.39, 0.29) is 0 Å². The second kappa shape index (κ2) is 5.72. The summed E-state index contributed by atoms with van der Waals surface area (Å²) in [6, 6.07) is 1.96. The van der Waals surface area contributed by atoms with Crippen LogP contribution in [-0.2, 0) is 0 Å². The number of likely N-dealkylation sites (tertiary alicyclic amines) is 1. The molecule has 0 unspecified atom stereocenters. The van der Waals surface area contributed by atoms with Gasteiger partial charge in [0.2, 0.25) is 0 Å². The second-order valence-corrected chi connectivity index (χ2v) is 6.57. The predicted octanol–water partition coefficient (Wildman–Crippen LogP) is 1.98. The molecule has 116 valence electrons. The lowest BCUT2D eigenvalue weighted by Gasteiger charge is -2.46. The fourth-order valence-corrected chi connectivity index (χ4v) is 3.59. The lowest BCUT2D eigenvalue weighted by atomic mass is 9.71. The molecule has 0 aromatic carbocycles. The summed E-state index contributed by atoms with van der Waals surface area (Å²) in [6.07, 6.45) is 6.93. The number of hydrogen-bond acceptors (Lipinski definition) is 5. The Kier molecular flexibility index (Phi) is 3.93. The van der Waals surface area contributed by atoms with Crippen LogP contribution < -0.4 is 15.4 Å². The Balaban J connectivity index is 1.65. The van der Waals surface area contributed by atoms with Crippen molar-refractivity contribution in [1.29, 1.82) is 0 Å². The molecule has 21 heavy (non-hydrogen) atoms. The van der Waals surface area contributed by atoms with E-state index in [0.29, 0.717) is 11.1 Å². The van der Waals surface area contributed by atoms with E-state index in [1.54, 1.807) is 13.3 Å². The van der Waals surface area contributed by atoms with Gasteiger partial charge in [-0.25, -0.2) is 4.98 Å². The van der Waals surface area contributed by atoms with E-state index in [1.807, 2.05) is 6.07 Å². The lowest BCUT2D eigenvalue weighted by molar-refractivity contribution is 0.0943. The molecule has 0 aliphatic carbocycles. The van der Waals surface area contributed by atoms with Gasteiger partial charge in [-0.1, -0.05) is 0 Å². The minimum Gasteiger partial charge on any atom is -0.494 e. The first-order valence-electron chi connectivity index (χ1n) is 7.85. The van der Waals surface area contributed by atoms with Gasteiger partial charge in [0.25, 0.3) is 0 Å². The topological polar surface area (TPSA) is 54.6 Å². The molecule has 1 aromatic heterocycles. The highest BCUT2D eigenvalue weighted by Crippen LogP contribution is 2.42. The number of nitrogens with zero attached hydrogens (tertiary/aromatic N) is 3. The Labute approximate surface area is 127 Å². The lowest BCUT2D eigenvalue weighted by Crippen LogP contribution is -2.46. The van der Waals surface area contributed by atoms with E-state index in [1.165, 1.54) is 38.8 Å². The molecule has 3 rings (SSSR count). The number of nitrogens with two attached hydrogens (primary N) is 1. The summed E-state index contributed by atoms with van der Waals surface area (Å²) in [5.74, 6) is 1.71. The Morgan fingerprint density at radius 1 is 1.14 bits per heavy atom. The number of rotatable bonds is 2. The molecule has 1 spiro atoms. The standard InChI is InChI=1S/C16H26N4O/c1-19-7-3-16(4-8-19)5-9-20(10-6-16)15-11-14(21-2)13(17)12-18-15/h11-12H,3-10,17H2,1-2H3. The van der Waals surface area contributed by atoms with E-state index in [9.17, 15) is 0 Å². The van der Waals surface area contributed by atoms with Gasteiger partial charge in [-0.2, -0.15) is 0 Å². The number of methoxy groups -OCH3 is 1. The van der Waals surface area contributed by atoms with Crippen molar-refractivity contribution in [3.05, 3.63) is 12.3 Å². The average molecular weight is 290 g/mol. The largest absolute Gasteiger partial charge is 0.494 e. The quantitative estimate of drug-likeness (QED) is 0.902. The molecule has 0 atom stereocenters. The first-order valence-corrected chi connectivity index (χ1v) is 7.85. The van der Waals surface area contributed by atoms with Gasteiger partial charge >= 0.3 is 0 Å². The number of hydrogen-bond donors (Lipinski definition) is 1. The van der Waals surface area contributed by atoms with Crippen molar-refractivity contribution in [2.24, 2.45) is 5.41 Å². The zero-order valence-corrected chi connectivity index (χ0v) is 13.1. The molecule has 1 aromatic rings. The molecule has 2 N–H and O–H groups in total. The van der Waals surface area contributed by atoms with Gasteiger partial charge in [-0.05, 0) is 51.2 Å². The predicted molar refractivity (Wildman–Crippen MR) is 85.8 cm³/mol. The van der Waals surface area contributed by atoms with Crippen molar-refractivity contribution in [3.8, 4) is 5.75 Å². The molecule has 2 aliphatic heterocycles. The first-order chi connectivity index (χ1) is 10.1. The third-order valence-electron chi connectivity index (χ3n) is 5.30. The van der Waals surface area contributed by atoms with Crippen molar-refractivity contribution in [2.45, 2.75) is 25.7 Å². The van der Waals surface area contributed by atoms with Crippen LogP contribution in [0.5, 0.6) is 5.75 Å². The van der Waals surface area contributed by atoms with Gasteiger partial charge in [-0.3, -0.25) is 0 Å². The highest BCUT2D eigenvalue weighted by Gasteiger charge is 2.37. The molecule has 0 bridgehead atoms. The molecule has 5 heteroatoms. The summed E-state index contributed by atoms with van der Waals surface area (Å²) in [7, 11) is 3.88. The molecule has 2 saturated heterocycles. The van der Waals surface area contributed by atoms with Crippen molar-refractivity contribution >= 4 is 11.5 Å². The molecular formula is C16H26N4O. The van der Waals surface area contributed by atoms with E-state index in [0.717, 1.165) is 24.7 Å². The highest BCUT2D eigenvalue weighted by atomic mass is 16.5. The Bertz CT molecular complexity index is 487. The summed E-state index contributed by atoms with van der Waals surface area (Å²) in [4.78, 5) is 9.28. The van der Waals surface area contributed by atoms with Gasteiger partial charge in [-0.15, -0.1) is 0 Å². The van der Waals surface area contributed by atoms with Crippen molar-refractivity contribution < 1.29 is 4.74 Å². The van der Waals surface area contributed by atoms with Crippen LogP contribution in [0.2, 0.25) is 0 Å². The zero-order chi connectivity index (χ0) is 14.9. The van der Waals surface area contributed by atoms with Crippen LogP contribution in [0.1, 0.15) is 25.7 Å². The van der Waals surface area contributed by atoms with E-state index < -0.39 is 0 Å². The Hall–Kier alpha value is -1.49. The maximum atomic E-state index is 5.84. The van der Waals surface area contributed by atoms with Crippen molar-refractivity contribution in [1.82, 2.24) is 9.88 Å². The summed E-state index contributed by atoms with van der Waals surface area (Å²) in [6.45, 7) is 4.66. The molecule has 2 fully saturated rings. The van der Waals surface area contributed by atoms with Gasteiger partial charge in [0.15, 0.2) is 0 Å². The monoisotopic (exact) mass is 290 g/mol. The van der Waals surface area contributed by atoms with E-state index >= 15 is 0 Å². The van der Waals surface area contributed by atoms with Crippen LogP contribution in [0.4, 0.5) is 11.5 Å². The van der Waals surface area contributed by atoms with Gasteiger partial charge in [0, 0.05) is 19.2 Å². The normalized spacial score (nSPS) is 22.5. The first kappa shape index (κ1) is 14.4. The van der Waals surface area contributed by atoms with Crippen LogP contribution >= 0.6 is 0 Å². The average Bonchev–Trinajstić information content (AvgIpc) is 2.52. The van der Waals surface area contributed by atoms with Gasteiger partial charge < -0.3 is 20.3 Å². The summed E-state index contributed by atoms with van der Waals surface area (Å²) >= 11 is 0. The van der Waals surface area contributed by atoms with Crippen LogP contribution in [0.15, 0.2) is 12.3 Å². The summed E-state index contributed by atoms with van der Waals surface area (Å²) in [5.41, 5.74) is 7.02. The van der Waals surface area contributed by atoms with Gasteiger partial charge in [0.1, 0.15) is 11.6 Å². The third-order valence-corrected chi connectivity index (χ3v) is 5.30. The third kappa shape index (κ3) is 2.93. The van der Waals surface area contributed by atoms with Crippen LogP contribution in [-0.4, -0.2) is 50.2 Å². The minimum atomic E-state index is 0.570. The molecule has 2 aliphatic rings. The van der Waals surface area contributed by atoms with Crippen molar-refractivity contribution in [3.63, 3.8) is 0 Å². The number of anilines is 2. The molecule has 0 radical (unpaired) electrons. The van der Waals surface area contributed by atoms with Crippen LogP contribution in [0.25, 0.3) is 0 Å². The van der Waals surface area contributed by atoms with E-state index in [2.05, 4.69) is 21.8 Å².